The molecule has 7 atom stereocenters. The van der Waals surface area contributed by atoms with Gasteiger partial charge >= 0.3 is 11.6 Å². The fourth-order valence-corrected chi connectivity index (χ4v) is 8.81. The maximum absolute atomic E-state index is 12.8. The first-order chi connectivity index (χ1) is 18.2. The number of allylic oxidation sites excluding steroid dienone is 1. The van der Waals surface area contributed by atoms with Crippen molar-refractivity contribution in [1.29, 1.82) is 0 Å². The Morgan fingerprint density at radius 1 is 1.00 bits per heavy atom. The quantitative estimate of drug-likeness (QED) is 0.409. The first-order valence-electron chi connectivity index (χ1n) is 14.1. The van der Waals surface area contributed by atoms with Crippen molar-refractivity contribution in [3.63, 3.8) is 0 Å². The Balaban J connectivity index is 1.21. The number of aliphatic hydroxyl groups is 2. The molecule has 1 aromatic heterocycles. The predicted molar refractivity (Wildman–Crippen MR) is 142 cm³/mol. The van der Waals surface area contributed by atoms with Gasteiger partial charge in [0.2, 0.25) is 0 Å². The molecule has 6 rings (SSSR count). The van der Waals surface area contributed by atoms with E-state index in [4.69, 9.17) is 9.15 Å². The van der Waals surface area contributed by atoms with Crippen LogP contribution in [0.1, 0.15) is 92.6 Å². The largest absolute Gasteiger partial charge is 0.455 e. The molecule has 2 unspecified atom stereocenters. The minimum atomic E-state index is -0.741. The van der Waals surface area contributed by atoms with Crippen molar-refractivity contribution in [1.82, 2.24) is 0 Å². The number of carbonyl (C=O) groups excluding carboxylic acids is 1. The van der Waals surface area contributed by atoms with Gasteiger partial charge in [0.25, 0.3) is 0 Å². The number of carbonyl (C=O) groups is 1. The van der Waals surface area contributed by atoms with Crippen LogP contribution < -0.4 is 5.63 Å². The molecule has 4 aliphatic carbocycles. The monoisotopic (exact) mass is 518 g/mol. The summed E-state index contributed by atoms with van der Waals surface area (Å²) in [6.07, 6.45) is 10.8. The molecular formula is C32H38O6. The summed E-state index contributed by atoms with van der Waals surface area (Å²) < 4.78 is 11.1. The normalized spacial score (nSPS) is 37.9. The van der Waals surface area contributed by atoms with E-state index >= 15 is 0 Å². The second-order valence-electron chi connectivity index (χ2n) is 12.6. The molecule has 4 aliphatic rings. The molecule has 202 valence electrons. The third kappa shape index (κ3) is 3.83. The molecular weight excluding hydrogens is 480 g/mol. The lowest BCUT2D eigenvalue weighted by molar-refractivity contribution is -0.178. The van der Waals surface area contributed by atoms with E-state index in [0.717, 1.165) is 62.5 Å². The summed E-state index contributed by atoms with van der Waals surface area (Å²) in [7, 11) is 0. The van der Waals surface area contributed by atoms with Gasteiger partial charge in [-0.15, -0.1) is 0 Å². The number of fused-ring (bicyclic) bond motifs is 5. The summed E-state index contributed by atoms with van der Waals surface area (Å²) >= 11 is 0. The average molecular weight is 519 g/mol. The molecule has 1 heterocycles. The highest BCUT2D eigenvalue weighted by Crippen LogP contribution is 2.70. The molecule has 38 heavy (non-hydrogen) atoms. The van der Waals surface area contributed by atoms with Crippen molar-refractivity contribution in [2.45, 2.75) is 89.4 Å². The molecule has 6 nitrogen and oxygen atoms in total. The van der Waals surface area contributed by atoms with Crippen LogP contribution in [-0.4, -0.2) is 27.9 Å². The topological polar surface area (TPSA) is 97.0 Å². The first kappa shape index (κ1) is 25.6. The summed E-state index contributed by atoms with van der Waals surface area (Å²) in [4.78, 5) is 24.3. The minimum absolute atomic E-state index is 0.00326. The molecule has 6 heteroatoms. The van der Waals surface area contributed by atoms with Crippen LogP contribution in [0, 0.1) is 22.7 Å². The number of aliphatic hydroxyl groups excluding tert-OH is 1. The molecule has 3 saturated carbocycles. The van der Waals surface area contributed by atoms with Gasteiger partial charge in [0.1, 0.15) is 6.10 Å². The van der Waals surface area contributed by atoms with Crippen molar-refractivity contribution in [2.24, 2.45) is 22.7 Å². The van der Waals surface area contributed by atoms with Crippen molar-refractivity contribution >= 4 is 5.97 Å². The van der Waals surface area contributed by atoms with Gasteiger partial charge in [0.15, 0.2) is 0 Å². The van der Waals surface area contributed by atoms with E-state index in [1.165, 1.54) is 11.6 Å². The Morgan fingerprint density at radius 2 is 1.79 bits per heavy atom. The summed E-state index contributed by atoms with van der Waals surface area (Å²) in [5, 5.41) is 21.6. The first-order valence-corrected chi connectivity index (χ1v) is 14.1. The Labute approximate surface area is 223 Å². The van der Waals surface area contributed by atoms with Crippen molar-refractivity contribution in [3.05, 3.63) is 81.4 Å². The fraction of sp³-hybridized carbons (Fsp3) is 0.562. The van der Waals surface area contributed by atoms with Crippen molar-refractivity contribution in [2.75, 3.05) is 0 Å². The lowest BCUT2D eigenvalue weighted by Gasteiger charge is -2.61. The molecule has 1 aromatic carbocycles. The Kier molecular flexibility index (Phi) is 6.19. The molecule has 2 N–H and O–H groups in total. The second kappa shape index (κ2) is 9.20. The number of benzene rings is 1. The van der Waals surface area contributed by atoms with E-state index in [1.54, 1.807) is 30.5 Å². The summed E-state index contributed by atoms with van der Waals surface area (Å²) in [6, 6.07) is 10.3. The Morgan fingerprint density at radius 3 is 2.50 bits per heavy atom. The number of rotatable bonds is 4. The molecule has 0 spiro atoms. The van der Waals surface area contributed by atoms with Gasteiger partial charge in [0, 0.05) is 11.5 Å². The summed E-state index contributed by atoms with van der Waals surface area (Å²) in [6.45, 7) is 4.57. The van der Waals surface area contributed by atoms with Crippen LogP contribution in [-0.2, 0) is 11.3 Å². The van der Waals surface area contributed by atoms with Crippen molar-refractivity contribution < 1.29 is 24.2 Å². The average Bonchev–Trinajstić information content (AvgIpc) is 3.20. The molecule has 0 bridgehead atoms. The fourth-order valence-electron chi connectivity index (χ4n) is 8.81. The number of hydrogen-bond acceptors (Lipinski definition) is 6. The third-order valence-electron chi connectivity index (χ3n) is 11.0. The Hall–Kier alpha value is -2.70. The summed E-state index contributed by atoms with van der Waals surface area (Å²) in [5.74, 6) is 0.484. The van der Waals surface area contributed by atoms with Crippen LogP contribution >= 0.6 is 0 Å². The van der Waals surface area contributed by atoms with Gasteiger partial charge in [-0.1, -0.05) is 31.6 Å². The standard InChI is InChI=1S/C32H38O6/c1-30-14-11-24(38-29(35)21-5-3-20(18-33)4-6-21)17-23(30)8-9-27-26(30)12-15-31(2)25(13-16-32(27,31)36)22-7-10-28(34)37-19-22/h3-7,10,17,19,24-27,33,36H,8-9,11-16,18H2,1-2H3/t24-,25+,26?,27?,30-,31+,32-/m0/s1. The van der Waals surface area contributed by atoms with Crippen LogP contribution in [0.3, 0.4) is 0 Å². The molecule has 0 aliphatic heterocycles. The highest BCUT2D eigenvalue weighted by molar-refractivity contribution is 5.89. The van der Waals surface area contributed by atoms with Crippen LogP contribution in [0.15, 0.2) is 63.5 Å². The molecule has 0 amide bonds. The van der Waals surface area contributed by atoms with Crippen molar-refractivity contribution in [3.8, 4) is 0 Å². The summed E-state index contributed by atoms with van der Waals surface area (Å²) in [5.41, 5.74) is 2.35. The SMILES string of the molecule is C[C@]12CC[C@H](OC(=O)c3ccc(CO)cc3)C=C1CCC1C2CC[C@]2(C)[C@@H](c3ccc(=O)oc3)CC[C@]12O. The van der Waals surface area contributed by atoms with Gasteiger partial charge in [-0.3, -0.25) is 0 Å². The van der Waals surface area contributed by atoms with E-state index in [-0.39, 0.29) is 47.0 Å². The maximum atomic E-state index is 12.8. The lowest BCUT2D eigenvalue weighted by Crippen LogP contribution is -2.60. The lowest BCUT2D eigenvalue weighted by atomic mass is 9.45. The van der Waals surface area contributed by atoms with Crippen LogP contribution in [0.4, 0.5) is 0 Å². The molecule has 0 radical (unpaired) electrons. The number of esters is 1. The van der Waals surface area contributed by atoms with Crippen LogP contribution in [0.5, 0.6) is 0 Å². The minimum Gasteiger partial charge on any atom is -0.455 e. The highest BCUT2D eigenvalue weighted by atomic mass is 16.5. The van der Waals surface area contributed by atoms with E-state index in [1.807, 2.05) is 6.07 Å². The van der Waals surface area contributed by atoms with Gasteiger partial charge < -0.3 is 19.4 Å². The number of hydrogen-bond donors (Lipinski definition) is 2. The number of ether oxygens (including phenoxy) is 1. The van der Waals surface area contributed by atoms with E-state index in [2.05, 4.69) is 19.9 Å². The zero-order valence-electron chi connectivity index (χ0n) is 22.3. The smallest absolute Gasteiger partial charge is 0.338 e. The second-order valence-corrected chi connectivity index (χ2v) is 12.6. The highest BCUT2D eigenvalue weighted by Gasteiger charge is 2.66. The van der Waals surface area contributed by atoms with Gasteiger partial charge in [-0.2, -0.15) is 0 Å². The predicted octanol–water partition coefficient (Wildman–Crippen LogP) is 5.52. The molecule has 3 fully saturated rings. The molecule has 2 aromatic rings. The maximum Gasteiger partial charge on any atom is 0.338 e. The van der Waals surface area contributed by atoms with Gasteiger partial charge in [-0.05, 0) is 110 Å². The van der Waals surface area contributed by atoms with Crippen LogP contribution in [0.25, 0.3) is 0 Å². The molecule has 0 saturated heterocycles. The van der Waals surface area contributed by atoms with E-state index < -0.39 is 5.60 Å². The van der Waals surface area contributed by atoms with E-state index in [9.17, 15) is 19.8 Å². The third-order valence-corrected chi connectivity index (χ3v) is 11.0. The zero-order valence-corrected chi connectivity index (χ0v) is 22.3. The van der Waals surface area contributed by atoms with Gasteiger partial charge in [-0.25, -0.2) is 9.59 Å². The zero-order chi connectivity index (χ0) is 26.7. The van der Waals surface area contributed by atoms with E-state index in [0.29, 0.717) is 11.5 Å². The Bertz CT molecular complexity index is 1290. The van der Waals surface area contributed by atoms with Crippen LogP contribution in [0.2, 0.25) is 0 Å². The van der Waals surface area contributed by atoms with Gasteiger partial charge in [0.05, 0.1) is 24.0 Å².